The average molecular weight is 424 g/mol. The average Bonchev–Trinajstić information content (AvgIpc) is 3.05. The second-order valence-corrected chi connectivity index (χ2v) is 9.56. The Morgan fingerprint density at radius 3 is 2.35 bits per heavy atom. The number of hydrogen-bond acceptors (Lipinski definition) is 4. The normalized spacial score (nSPS) is 19.9. The molecule has 7 heteroatoms. The van der Waals surface area contributed by atoms with Crippen molar-refractivity contribution in [2.24, 2.45) is 25.9 Å². The van der Waals surface area contributed by atoms with E-state index in [4.69, 9.17) is 4.98 Å². The van der Waals surface area contributed by atoms with Crippen LogP contribution in [0.2, 0.25) is 0 Å². The van der Waals surface area contributed by atoms with Crippen LogP contribution in [0.3, 0.4) is 0 Å². The largest absolute Gasteiger partial charge is 0.332 e. The highest BCUT2D eigenvalue weighted by Gasteiger charge is 2.25. The second-order valence-electron chi connectivity index (χ2n) is 9.56. The fraction of sp³-hybridized carbons (Fsp3) is 0.542. The van der Waals surface area contributed by atoms with E-state index in [2.05, 4.69) is 50.8 Å². The van der Waals surface area contributed by atoms with Crippen LogP contribution in [0.4, 0.5) is 0 Å². The molecule has 0 unspecified atom stereocenters. The fourth-order valence-electron chi connectivity index (χ4n) is 5.04. The molecule has 166 valence electrons. The number of aromatic nitrogens is 4. The number of piperidine rings is 1. The Bertz CT molecular complexity index is 1240. The van der Waals surface area contributed by atoms with Crippen molar-refractivity contribution in [1.82, 2.24) is 23.6 Å². The van der Waals surface area contributed by atoms with Gasteiger partial charge in [-0.2, -0.15) is 0 Å². The van der Waals surface area contributed by atoms with E-state index in [1.165, 1.54) is 33.7 Å². The zero-order valence-electron chi connectivity index (χ0n) is 19.5. The van der Waals surface area contributed by atoms with E-state index < -0.39 is 0 Å². The molecule has 0 radical (unpaired) electrons. The van der Waals surface area contributed by atoms with E-state index >= 15 is 0 Å². The van der Waals surface area contributed by atoms with Crippen LogP contribution < -0.4 is 11.2 Å². The van der Waals surface area contributed by atoms with Crippen molar-refractivity contribution in [3.63, 3.8) is 0 Å². The zero-order chi connectivity index (χ0) is 22.4. The van der Waals surface area contributed by atoms with Crippen LogP contribution >= 0.6 is 0 Å². The van der Waals surface area contributed by atoms with Crippen LogP contribution in [0.5, 0.6) is 0 Å². The van der Waals surface area contributed by atoms with Crippen molar-refractivity contribution in [1.29, 1.82) is 0 Å². The van der Waals surface area contributed by atoms with Gasteiger partial charge in [-0.3, -0.25) is 18.8 Å². The van der Waals surface area contributed by atoms with E-state index in [1.54, 1.807) is 7.05 Å². The maximum atomic E-state index is 13.1. The Morgan fingerprint density at radius 2 is 1.68 bits per heavy atom. The summed E-state index contributed by atoms with van der Waals surface area (Å²) in [5.74, 6) is 2.12. The third-order valence-electron chi connectivity index (χ3n) is 6.57. The number of benzene rings is 1. The lowest BCUT2D eigenvalue weighted by molar-refractivity contribution is 0.130. The van der Waals surface area contributed by atoms with Crippen LogP contribution in [0.25, 0.3) is 11.2 Å². The Hall–Kier alpha value is -2.67. The molecule has 0 saturated carbocycles. The van der Waals surface area contributed by atoms with E-state index in [-0.39, 0.29) is 11.2 Å². The predicted molar refractivity (Wildman–Crippen MR) is 123 cm³/mol. The van der Waals surface area contributed by atoms with Gasteiger partial charge >= 0.3 is 5.69 Å². The van der Waals surface area contributed by atoms with Gasteiger partial charge in [-0.05, 0) is 43.2 Å². The van der Waals surface area contributed by atoms with Gasteiger partial charge in [0.05, 0.1) is 6.54 Å². The van der Waals surface area contributed by atoms with E-state index in [9.17, 15) is 9.59 Å². The molecule has 2 atom stereocenters. The molecule has 1 fully saturated rings. The standard InChI is InChI=1S/C24H33N5O2/c1-15-7-8-18(4)19(10-15)13-29-20(14-28-11-16(2)9-17(3)12-28)25-22-21(29)23(30)27(6)24(31)26(22)5/h7-8,10,16-17H,9,11-14H2,1-6H3/t16-,17-/m0/s1. The van der Waals surface area contributed by atoms with Gasteiger partial charge in [0.1, 0.15) is 5.82 Å². The quantitative estimate of drug-likeness (QED) is 0.647. The van der Waals surface area contributed by atoms with Crippen LogP contribution in [-0.2, 0) is 27.2 Å². The monoisotopic (exact) mass is 423 g/mol. The van der Waals surface area contributed by atoms with Crippen molar-refractivity contribution >= 4 is 11.2 Å². The number of aryl methyl sites for hydroxylation is 3. The first-order valence-electron chi connectivity index (χ1n) is 11.1. The Kier molecular flexibility index (Phi) is 5.64. The maximum Gasteiger partial charge on any atom is 0.332 e. The van der Waals surface area contributed by atoms with Gasteiger partial charge in [0.15, 0.2) is 11.2 Å². The lowest BCUT2D eigenvalue weighted by Gasteiger charge is -2.34. The minimum atomic E-state index is -0.347. The lowest BCUT2D eigenvalue weighted by atomic mass is 9.92. The number of likely N-dealkylation sites (tertiary alicyclic amines) is 1. The second kappa shape index (κ2) is 8.11. The van der Waals surface area contributed by atoms with Gasteiger partial charge in [0, 0.05) is 33.7 Å². The molecule has 3 heterocycles. The molecule has 1 aliphatic rings. The summed E-state index contributed by atoms with van der Waals surface area (Å²) in [6.45, 7) is 12.0. The van der Waals surface area contributed by atoms with Crippen molar-refractivity contribution in [2.75, 3.05) is 13.1 Å². The highest BCUT2D eigenvalue weighted by atomic mass is 16.2. The summed E-state index contributed by atoms with van der Waals surface area (Å²) < 4.78 is 4.70. The molecular formula is C24H33N5O2. The molecule has 0 N–H and O–H groups in total. The number of hydrogen-bond donors (Lipinski definition) is 0. The lowest BCUT2D eigenvalue weighted by Crippen LogP contribution is -2.39. The van der Waals surface area contributed by atoms with Gasteiger partial charge in [0.25, 0.3) is 5.56 Å². The molecule has 2 aromatic heterocycles. The maximum absolute atomic E-state index is 13.1. The van der Waals surface area contributed by atoms with Gasteiger partial charge in [-0.25, -0.2) is 9.78 Å². The molecule has 31 heavy (non-hydrogen) atoms. The highest BCUT2D eigenvalue weighted by Crippen LogP contribution is 2.24. The van der Waals surface area contributed by atoms with Gasteiger partial charge < -0.3 is 4.57 Å². The molecule has 7 nitrogen and oxygen atoms in total. The summed E-state index contributed by atoms with van der Waals surface area (Å²) in [4.78, 5) is 32.9. The summed E-state index contributed by atoms with van der Waals surface area (Å²) in [5.41, 5.74) is 3.86. The fourth-order valence-corrected chi connectivity index (χ4v) is 5.04. The summed E-state index contributed by atoms with van der Waals surface area (Å²) in [5, 5.41) is 0. The molecule has 4 rings (SSSR count). The molecule has 1 aromatic carbocycles. The molecule has 1 aliphatic heterocycles. The minimum absolute atomic E-state index is 0.289. The number of rotatable bonds is 4. The van der Waals surface area contributed by atoms with Crippen LogP contribution in [0, 0.1) is 25.7 Å². The third-order valence-corrected chi connectivity index (χ3v) is 6.57. The Labute approximate surface area is 182 Å². The molecular weight excluding hydrogens is 390 g/mol. The van der Waals surface area contributed by atoms with E-state index in [0.717, 1.165) is 24.5 Å². The molecule has 0 spiro atoms. The molecule has 0 amide bonds. The van der Waals surface area contributed by atoms with Crippen molar-refractivity contribution < 1.29 is 0 Å². The van der Waals surface area contributed by atoms with E-state index in [0.29, 0.717) is 36.1 Å². The number of fused-ring (bicyclic) bond motifs is 1. The van der Waals surface area contributed by atoms with Crippen LogP contribution in [-0.4, -0.2) is 36.7 Å². The van der Waals surface area contributed by atoms with E-state index in [1.807, 2.05) is 4.57 Å². The van der Waals surface area contributed by atoms with Gasteiger partial charge in [-0.1, -0.05) is 37.6 Å². The first kappa shape index (κ1) is 21.6. The molecule has 0 bridgehead atoms. The Morgan fingerprint density at radius 1 is 1.00 bits per heavy atom. The SMILES string of the molecule is Cc1ccc(C)c(Cn2c(CN3C[C@@H](C)C[C@H](C)C3)nc3c2c(=O)n(C)c(=O)n3C)c1. The summed E-state index contributed by atoms with van der Waals surface area (Å²) in [7, 11) is 3.22. The topological polar surface area (TPSA) is 65.1 Å². The predicted octanol–water partition coefficient (Wildman–Crippen LogP) is 2.58. The van der Waals surface area contributed by atoms with Crippen molar-refractivity contribution in [2.45, 2.75) is 47.2 Å². The number of imidazole rings is 1. The highest BCUT2D eigenvalue weighted by molar-refractivity contribution is 5.71. The van der Waals surface area contributed by atoms with Crippen molar-refractivity contribution in [3.05, 3.63) is 61.6 Å². The minimum Gasteiger partial charge on any atom is -0.317 e. The summed E-state index contributed by atoms with van der Waals surface area (Å²) >= 11 is 0. The molecule has 0 aliphatic carbocycles. The first-order chi connectivity index (χ1) is 14.7. The zero-order valence-corrected chi connectivity index (χ0v) is 19.5. The van der Waals surface area contributed by atoms with Crippen molar-refractivity contribution in [3.8, 4) is 0 Å². The third kappa shape index (κ3) is 3.99. The summed E-state index contributed by atoms with van der Waals surface area (Å²) in [6.07, 6.45) is 1.24. The Balaban J connectivity index is 1.88. The molecule has 3 aromatic rings. The van der Waals surface area contributed by atoms with Gasteiger partial charge in [-0.15, -0.1) is 0 Å². The first-order valence-corrected chi connectivity index (χ1v) is 11.1. The number of nitrogens with zero attached hydrogens (tertiary/aromatic N) is 5. The van der Waals surface area contributed by atoms with Crippen LogP contribution in [0.15, 0.2) is 27.8 Å². The molecule has 1 saturated heterocycles. The van der Waals surface area contributed by atoms with Gasteiger partial charge in [0.2, 0.25) is 0 Å². The smallest absolute Gasteiger partial charge is 0.317 e. The summed E-state index contributed by atoms with van der Waals surface area (Å²) in [6, 6.07) is 6.39. The van der Waals surface area contributed by atoms with Crippen LogP contribution in [0.1, 0.15) is 42.8 Å².